The number of piperidine rings is 1. The Morgan fingerprint density at radius 3 is 2.48 bits per heavy atom. The highest BCUT2D eigenvalue weighted by atomic mass is 32.2. The van der Waals surface area contributed by atoms with Crippen molar-refractivity contribution in [2.24, 2.45) is 5.92 Å². The van der Waals surface area contributed by atoms with Crippen LogP contribution in [0.5, 0.6) is 5.75 Å². The zero-order valence-electron chi connectivity index (χ0n) is 17.9. The van der Waals surface area contributed by atoms with E-state index in [9.17, 15) is 26.4 Å². The van der Waals surface area contributed by atoms with Crippen LogP contribution in [0.3, 0.4) is 0 Å². The molecule has 1 amide bonds. The van der Waals surface area contributed by atoms with Crippen LogP contribution in [0.1, 0.15) is 36.0 Å². The van der Waals surface area contributed by atoms with Gasteiger partial charge < -0.3 is 10.1 Å². The highest BCUT2D eigenvalue weighted by Gasteiger charge is 2.34. The maximum Gasteiger partial charge on any atom is 0.573 e. The quantitative estimate of drug-likeness (QED) is 0.680. The highest BCUT2D eigenvalue weighted by Crippen LogP contribution is 2.29. The summed E-state index contributed by atoms with van der Waals surface area (Å²) in [4.78, 5) is 12.9. The molecule has 1 fully saturated rings. The van der Waals surface area contributed by atoms with Gasteiger partial charge in [-0.2, -0.15) is 4.31 Å². The van der Waals surface area contributed by atoms with Crippen molar-refractivity contribution in [3.63, 3.8) is 0 Å². The molecular formula is C23H25F3N2O4S. The molecule has 10 heteroatoms. The number of carbonyl (C=O) groups excluding carboxylic acids is 1. The van der Waals surface area contributed by atoms with Crippen molar-refractivity contribution >= 4 is 15.9 Å². The van der Waals surface area contributed by atoms with Gasteiger partial charge in [0.05, 0.1) is 4.90 Å². The first-order chi connectivity index (χ1) is 15.6. The van der Waals surface area contributed by atoms with E-state index in [1.807, 2.05) is 6.07 Å². The van der Waals surface area contributed by atoms with Gasteiger partial charge in [-0.05, 0) is 61.4 Å². The summed E-state index contributed by atoms with van der Waals surface area (Å²) >= 11 is 0. The second kappa shape index (κ2) is 9.34. The third kappa shape index (κ3) is 5.50. The number of ether oxygens (including phenoxy) is 1. The molecule has 178 valence electrons. The second-order valence-electron chi connectivity index (χ2n) is 8.34. The first-order valence-electron chi connectivity index (χ1n) is 10.9. The van der Waals surface area contributed by atoms with E-state index in [-0.39, 0.29) is 41.7 Å². The molecule has 4 rings (SSSR count). The van der Waals surface area contributed by atoms with Gasteiger partial charge in [0.1, 0.15) is 5.75 Å². The average Bonchev–Trinajstić information content (AvgIpc) is 3.25. The number of halogens is 3. The number of para-hydroxylation sites is 1. The number of benzene rings is 2. The monoisotopic (exact) mass is 482 g/mol. The Hall–Kier alpha value is -2.59. The Labute approximate surface area is 190 Å². The van der Waals surface area contributed by atoms with Gasteiger partial charge in [0.15, 0.2) is 0 Å². The number of nitrogens with one attached hydrogen (secondary N) is 1. The fourth-order valence-electron chi connectivity index (χ4n) is 4.42. The molecule has 2 aliphatic rings. The lowest BCUT2D eigenvalue weighted by molar-refractivity contribution is -0.274. The fraction of sp³-hybridized carbons (Fsp3) is 0.435. The molecule has 1 N–H and O–H groups in total. The lowest BCUT2D eigenvalue weighted by atomic mass is 9.97. The molecule has 0 aromatic heterocycles. The van der Waals surface area contributed by atoms with Crippen molar-refractivity contribution in [2.75, 3.05) is 13.1 Å². The minimum atomic E-state index is -4.82. The molecule has 1 aliphatic carbocycles. The maximum atomic E-state index is 13.0. The molecule has 1 aliphatic heterocycles. The maximum absolute atomic E-state index is 13.0. The number of hydrogen-bond donors (Lipinski definition) is 1. The van der Waals surface area contributed by atoms with E-state index in [4.69, 9.17) is 0 Å². The predicted molar refractivity (Wildman–Crippen MR) is 115 cm³/mol. The predicted octanol–water partition coefficient (Wildman–Crippen LogP) is 3.79. The van der Waals surface area contributed by atoms with Crippen LogP contribution in [0.4, 0.5) is 13.2 Å². The van der Waals surface area contributed by atoms with Gasteiger partial charge in [-0.15, -0.1) is 13.2 Å². The number of alkyl halides is 3. The molecule has 1 heterocycles. The van der Waals surface area contributed by atoms with Crippen molar-refractivity contribution in [3.05, 3.63) is 59.2 Å². The highest BCUT2D eigenvalue weighted by molar-refractivity contribution is 7.89. The van der Waals surface area contributed by atoms with Gasteiger partial charge in [0.2, 0.25) is 15.9 Å². The molecule has 33 heavy (non-hydrogen) atoms. The van der Waals surface area contributed by atoms with Crippen LogP contribution in [0, 0.1) is 5.92 Å². The Morgan fingerprint density at radius 2 is 1.76 bits per heavy atom. The molecule has 0 unspecified atom stereocenters. The number of carbonyl (C=O) groups is 1. The van der Waals surface area contributed by atoms with Gasteiger partial charge in [0, 0.05) is 31.1 Å². The van der Waals surface area contributed by atoms with Crippen LogP contribution in [0.25, 0.3) is 0 Å². The minimum Gasteiger partial charge on any atom is -0.405 e. The Balaban J connectivity index is 1.33. The van der Waals surface area contributed by atoms with E-state index in [2.05, 4.69) is 10.1 Å². The third-order valence-corrected chi connectivity index (χ3v) is 8.08. The zero-order chi connectivity index (χ0) is 23.6. The molecule has 0 saturated carbocycles. The van der Waals surface area contributed by atoms with Crippen molar-refractivity contribution in [2.45, 2.75) is 49.9 Å². The Morgan fingerprint density at radius 1 is 1.06 bits per heavy atom. The third-order valence-electron chi connectivity index (χ3n) is 6.18. The average molecular weight is 483 g/mol. The summed E-state index contributed by atoms with van der Waals surface area (Å²) in [7, 11) is -3.63. The Bertz CT molecular complexity index is 1130. The van der Waals surface area contributed by atoms with Crippen LogP contribution in [0.15, 0.2) is 47.4 Å². The number of amides is 1. The summed E-state index contributed by atoms with van der Waals surface area (Å²) in [5.41, 5.74) is 2.49. The minimum absolute atomic E-state index is 0.112. The number of rotatable bonds is 6. The molecule has 0 bridgehead atoms. The van der Waals surface area contributed by atoms with E-state index in [0.29, 0.717) is 12.8 Å². The summed E-state index contributed by atoms with van der Waals surface area (Å²) in [5, 5.41) is 2.65. The SMILES string of the molecule is O=C(NCc1ccccc1OC(F)(F)F)C1CCN(S(=O)(=O)c2ccc3c(c2)CCC3)CC1. The van der Waals surface area contributed by atoms with Gasteiger partial charge in [-0.25, -0.2) is 8.42 Å². The second-order valence-corrected chi connectivity index (χ2v) is 10.3. The smallest absolute Gasteiger partial charge is 0.405 e. The topological polar surface area (TPSA) is 75.7 Å². The molecular weight excluding hydrogens is 457 g/mol. The Kier molecular flexibility index (Phi) is 6.67. The van der Waals surface area contributed by atoms with Crippen LogP contribution in [0.2, 0.25) is 0 Å². The molecule has 0 radical (unpaired) electrons. The largest absolute Gasteiger partial charge is 0.573 e. The van der Waals surface area contributed by atoms with Gasteiger partial charge in [-0.1, -0.05) is 24.3 Å². The van der Waals surface area contributed by atoms with E-state index in [1.165, 1.54) is 28.1 Å². The summed E-state index contributed by atoms with van der Waals surface area (Å²) in [5.74, 6) is -1.08. The van der Waals surface area contributed by atoms with Crippen molar-refractivity contribution in [3.8, 4) is 5.75 Å². The number of aryl methyl sites for hydroxylation is 2. The number of sulfonamides is 1. The molecule has 0 spiro atoms. The summed E-state index contributed by atoms with van der Waals surface area (Å²) < 4.78 is 69.2. The molecule has 6 nitrogen and oxygen atoms in total. The van der Waals surface area contributed by atoms with Crippen LogP contribution in [-0.4, -0.2) is 38.1 Å². The molecule has 1 saturated heterocycles. The van der Waals surface area contributed by atoms with Crippen molar-refractivity contribution < 1.29 is 31.1 Å². The van der Waals surface area contributed by atoms with Crippen LogP contribution < -0.4 is 10.1 Å². The fourth-order valence-corrected chi connectivity index (χ4v) is 5.94. The van der Waals surface area contributed by atoms with E-state index in [0.717, 1.165) is 24.8 Å². The van der Waals surface area contributed by atoms with Crippen molar-refractivity contribution in [1.29, 1.82) is 0 Å². The van der Waals surface area contributed by atoms with Gasteiger partial charge in [0.25, 0.3) is 0 Å². The van der Waals surface area contributed by atoms with Crippen LogP contribution in [-0.2, 0) is 34.2 Å². The summed E-state index contributed by atoms with van der Waals surface area (Å²) in [6.07, 6.45) is -1.24. The van der Waals surface area contributed by atoms with Gasteiger partial charge >= 0.3 is 6.36 Å². The normalized spacial score (nSPS) is 17.5. The van der Waals surface area contributed by atoms with Crippen LogP contribution >= 0.6 is 0 Å². The van der Waals surface area contributed by atoms with E-state index >= 15 is 0 Å². The van der Waals surface area contributed by atoms with E-state index < -0.39 is 22.3 Å². The first-order valence-corrected chi connectivity index (χ1v) is 12.3. The van der Waals surface area contributed by atoms with Gasteiger partial charge in [-0.3, -0.25) is 4.79 Å². The summed E-state index contributed by atoms with van der Waals surface area (Å²) in [6, 6.07) is 10.9. The first kappa shape index (κ1) is 23.6. The summed E-state index contributed by atoms with van der Waals surface area (Å²) in [6.45, 7) is 0.315. The number of fused-ring (bicyclic) bond motifs is 1. The molecule has 2 aromatic rings. The number of hydrogen-bond acceptors (Lipinski definition) is 4. The molecule has 2 aromatic carbocycles. The lowest BCUT2D eigenvalue weighted by Crippen LogP contribution is -2.42. The lowest BCUT2D eigenvalue weighted by Gasteiger charge is -2.30. The molecule has 0 atom stereocenters. The zero-order valence-corrected chi connectivity index (χ0v) is 18.7. The van der Waals surface area contributed by atoms with E-state index in [1.54, 1.807) is 18.2 Å². The standard InChI is InChI=1S/C23H25F3N2O4S/c24-23(25,26)32-21-7-2-1-4-19(21)15-27-22(29)17-10-12-28(13-11-17)33(30,31)20-9-8-16-5-3-6-18(16)14-20/h1-2,4,7-9,14,17H,3,5-6,10-13,15H2,(H,27,29). The number of nitrogens with zero attached hydrogens (tertiary/aromatic N) is 1. The van der Waals surface area contributed by atoms with Crippen molar-refractivity contribution in [1.82, 2.24) is 9.62 Å².